The number of nitrogens with zero attached hydrogens (tertiary/aromatic N) is 5. The van der Waals surface area contributed by atoms with Crippen LogP contribution in [0.5, 0.6) is 5.75 Å². The standard InChI is InChI=1S/C20H19N5O3/c1-13-18(12-21-23(13)2)20-11-19(14-4-3-5-17(26)10-14)22-24(20)15-6-8-16(9-7-15)25(27)28/h3-10,12,20,26H,11H2,1-2H3/t20-/m1/s1. The highest BCUT2D eigenvalue weighted by atomic mass is 16.6. The van der Waals surface area contributed by atoms with Gasteiger partial charge in [-0.25, -0.2) is 0 Å². The number of benzene rings is 2. The zero-order valence-electron chi connectivity index (χ0n) is 15.5. The number of hydrogen-bond acceptors (Lipinski definition) is 6. The van der Waals surface area contributed by atoms with Gasteiger partial charge in [0, 0.05) is 42.4 Å². The maximum atomic E-state index is 11.0. The smallest absolute Gasteiger partial charge is 0.269 e. The molecule has 1 aliphatic heterocycles. The Hall–Kier alpha value is -3.68. The van der Waals surface area contributed by atoms with Crippen molar-refractivity contribution >= 4 is 17.1 Å². The van der Waals surface area contributed by atoms with E-state index in [0.29, 0.717) is 6.42 Å². The van der Waals surface area contributed by atoms with E-state index in [9.17, 15) is 15.2 Å². The van der Waals surface area contributed by atoms with Crippen molar-refractivity contribution in [3.05, 3.63) is 81.7 Å². The molecule has 2 heterocycles. The van der Waals surface area contributed by atoms with Crippen molar-refractivity contribution in [2.75, 3.05) is 5.01 Å². The third kappa shape index (κ3) is 3.09. The molecule has 1 aromatic heterocycles. The van der Waals surface area contributed by atoms with Crippen LogP contribution >= 0.6 is 0 Å². The molecule has 0 aliphatic carbocycles. The number of non-ortho nitro benzene ring substituents is 1. The molecular weight excluding hydrogens is 358 g/mol. The number of anilines is 1. The van der Waals surface area contributed by atoms with Gasteiger partial charge in [-0.05, 0) is 31.2 Å². The summed E-state index contributed by atoms with van der Waals surface area (Å²) in [7, 11) is 1.89. The van der Waals surface area contributed by atoms with Crippen LogP contribution in [0.25, 0.3) is 0 Å². The molecule has 0 spiro atoms. The number of hydrogen-bond donors (Lipinski definition) is 1. The summed E-state index contributed by atoms with van der Waals surface area (Å²) in [6, 6.07) is 13.3. The van der Waals surface area contributed by atoms with Crippen molar-refractivity contribution in [3.63, 3.8) is 0 Å². The predicted octanol–water partition coefficient (Wildman–Crippen LogP) is 3.70. The Balaban J connectivity index is 1.77. The molecule has 0 saturated carbocycles. The van der Waals surface area contributed by atoms with E-state index in [1.807, 2.05) is 35.9 Å². The van der Waals surface area contributed by atoms with Crippen LogP contribution in [-0.4, -0.2) is 25.5 Å². The zero-order valence-corrected chi connectivity index (χ0v) is 15.5. The van der Waals surface area contributed by atoms with E-state index in [1.165, 1.54) is 12.1 Å². The maximum Gasteiger partial charge on any atom is 0.269 e. The fourth-order valence-electron chi connectivity index (χ4n) is 3.42. The molecule has 1 N–H and O–H groups in total. The summed E-state index contributed by atoms with van der Waals surface area (Å²) < 4.78 is 1.82. The summed E-state index contributed by atoms with van der Waals surface area (Å²) in [6.07, 6.45) is 2.46. The first-order valence-electron chi connectivity index (χ1n) is 8.83. The fourth-order valence-corrected chi connectivity index (χ4v) is 3.42. The molecule has 0 radical (unpaired) electrons. The van der Waals surface area contributed by atoms with Gasteiger partial charge in [-0.1, -0.05) is 12.1 Å². The van der Waals surface area contributed by atoms with E-state index in [1.54, 1.807) is 30.3 Å². The molecule has 0 saturated heterocycles. The number of rotatable bonds is 4. The SMILES string of the molecule is Cc1c([C@H]2CC(c3cccc(O)c3)=NN2c2ccc([N+](=O)[O-])cc2)cnn1C. The minimum atomic E-state index is -0.419. The van der Waals surface area contributed by atoms with Crippen LogP contribution in [0.4, 0.5) is 11.4 Å². The summed E-state index contributed by atoms with van der Waals surface area (Å²) in [5.41, 5.74) is 4.55. The molecule has 2 aromatic carbocycles. The third-order valence-corrected chi connectivity index (χ3v) is 5.05. The molecule has 1 aliphatic rings. The highest BCUT2D eigenvalue weighted by Crippen LogP contribution is 2.38. The van der Waals surface area contributed by atoms with Gasteiger partial charge in [0.1, 0.15) is 5.75 Å². The fraction of sp³-hybridized carbons (Fsp3) is 0.200. The van der Waals surface area contributed by atoms with E-state index in [4.69, 9.17) is 5.10 Å². The lowest BCUT2D eigenvalue weighted by atomic mass is 9.98. The number of aromatic nitrogens is 2. The van der Waals surface area contributed by atoms with Crippen LogP contribution in [0, 0.1) is 17.0 Å². The van der Waals surface area contributed by atoms with Gasteiger partial charge in [-0.15, -0.1) is 0 Å². The Labute approximate surface area is 161 Å². The Morgan fingerprint density at radius 3 is 2.57 bits per heavy atom. The van der Waals surface area contributed by atoms with Crippen LogP contribution < -0.4 is 5.01 Å². The minimum absolute atomic E-state index is 0.0363. The largest absolute Gasteiger partial charge is 0.508 e. The molecule has 4 rings (SSSR count). The van der Waals surface area contributed by atoms with Gasteiger partial charge >= 0.3 is 0 Å². The summed E-state index contributed by atoms with van der Waals surface area (Å²) in [5, 5.41) is 31.8. The van der Waals surface area contributed by atoms with Gasteiger partial charge < -0.3 is 5.11 Å². The van der Waals surface area contributed by atoms with Crippen molar-refractivity contribution in [1.29, 1.82) is 0 Å². The average molecular weight is 377 g/mol. The quantitative estimate of drug-likeness (QED) is 0.552. The van der Waals surface area contributed by atoms with E-state index in [0.717, 1.165) is 28.2 Å². The van der Waals surface area contributed by atoms with E-state index in [-0.39, 0.29) is 17.5 Å². The maximum absolute atomic E-state index is 11.0. The topological polar surface area (TPSA) is 96.8 Å². The zero-order chi connectivity index (χ0) is 19.8. The van der Waals surface area contributed by atoms with Crippen LogP contribution in [-0.2, 0) is 7.05 Å². The highest BCUT2D eigenvalue weighted by Gasteiger charge is 2.32. The Morgan fingerprint density at radius 1 is 1.21 bits per heavy atom. The van der Waals surface area contributed by atoms with Crippen molar-refractivity contribution in [2.24, 2.45) is 12.1 Å². The number of hydrazone groups is 1. The van der Waals surface area contributed by atoms with Crippen LogP contribution in [0.1, 0.15) is 29.3 Å². The lowest BCUT2D eigenvalue weighted by Crippen LogP contribution is -2.19. The van der Waals surface area contributed by atoms with Crippen LogP contribution in [0.15, 0.2) is 59.8 Å². The van der Waals surface area contributed by atoms with Gasteiger partial charge in [0.25, 0.3) is 5.69 Å². The lowest BCUT2D eigenvalue weighted by Gasteiger charge is -2.23. The molecule has 0 amide bonds. The lowest BCUT2D eigenvalue weighted by molar-refractivity contribution is -0.384. The number of phenolic OH excluding ortho intramolecular Hbond substituents is 1. The Bertz CT molecular complexity index is 1070. The van der Waals surface area contributed by atoms with Gasteiger partial charge in [0.2, 0.25) is 0 Å². The molecule has 8 nitrogen and oxygen atoms in total. The second-order valence-corrected chi connectivity index (χ2v) is 6.74. The Morgan fingerprint density at radius 2 is 1.96 bits per heavy atom. The first kappa shape index (κ1) is 17.7. The Kier molecular flexibility index (Phi) is 4.31. The number of aryl methyl sites for hydroxylation is 1. The number of nitro benzene ring substituents is 1. The first-order valence-corrected chi connectivity index (χ1v) is 8.83. The summed E-state index contributed by atoms with van der Waals surface area (Å²) >= 11 is 0. The number of aromatic hydroxyl groups is 1. The van der Waals surface area contributed by atoms with E-state index in [2.05, 4.69) is 5.10 Å². The molecule has 8 heteroatoms. The summed E-state index contributed by atoms with van der Waals surface area (Å²) in [4.78, 5) is 10.5. The molecule has 0 fully saturated rings. The number of nitro groups is 1. The highest BCUT2D eigenvalue weighted by molar-refractivity contribution is 6.03. The van der Waals surface area contributed by atoms with Crippen molar-refractivity contribution in [2.45, 2.75) is 19.4 Å². The molecule has 28 heavy (non-hydrogen) atoms. The van der Waals surface area contributed by atoms with Crippen LogP contribution in [0.3, 0.4) is 0 Å². The van der Waals surface area contributed by atoms with Crippen LogP contribution in [0.2, 0.25) is 0 Å². The molecule has 3 aromatic rings. The normalized spacial score (nSPS) is 16.3. The molecule has 0 unspecified atom stereocenters. The van der Waals surface area contributed by atoms with E-state index >= 15 is 0 Å². The minimum Gasteiger partial charge on any atom is -0.508 e. The average Bonchev–Trinajstić information content (AvgIpc) is 3.26. The number of phenols is 1. The molecule has 1 atom stereocenters. The first-order chi connectivity index (χ1) is 13.4. The third-order valence-electron chi connectivity index (χ3n) is 5.05. The molecule has 142 valence electrons. The van der Waals surface area contributed by atoms with Crippen molar-refractivity contribution in [1.82, 2.24) is 9.78 Å². The second kappa shape index (κ2) is 6.80. The van der Waals surface area contributed by atoms with Gasteiger partial charge in [-0.3, -0.25) is 19.8 Å². The molecular formula is C20H19N5O3. The van der Waals surface area contributed by atoms with Gasteiger partial charge in [0.15, 0.2) is 0 Å². The van der Waals surface area contributed by atoms with Crippen molar-refractivity contribution in [3.8, 4) is 5.75 Å². The monoisotopic (exact) mass is 377 g/mol. The summed E-state index contributed by atoms with van der Waals surface area (Å²) in [6.45, 7) is 2.00. The van der Waals surface area contributed by atoms with Gasteiger partial charge in [-0.2, -0.15) is 10.2 Å². The second-order valence-electron chi connectivity index (χ2n) is 6.74. The predicted molar refractivity (Wildman–Crippen MR) is 106 cm³/mol. The van der Waals surface area contributed by atoms with Crippen molar-refractivity contribution < 1.29 is 10.0 Å². The molecule has 0 bridgehead atoms. The van der Waals surface area contributed by atoms with Gasteiger partial charge in [0.05, 0.1) is 28.6 Å². The summed E-state index contributed by atoms with van der Waals surface area (Å²) in [5.74, 6) is 0.183. The van der Waals surface area contributed by atoms with E-state index < -0.39 is 4.92 Å².